The first-order chi connectivity index (χ1) is 12.3. The van der Waals surface area contributed by atoms with E-state index in [2.05, 4.69) is 18.2 Å². The van der Waals surface area contributed by atoms with Crippen LogP contribution in [0, 0.1) is 100 Å². The van der Waals surface area contributed by atoms with Crippen LogP contribution in [0.1, 0.15) is 25.7 Å². The molecule has 0 aromatic heterocycles. The second kappa shape index (κ2) is 3.89. The van der Waals surface area contributed by atoms with Crippen molar-refractivity contribution < 1.29 is 5.11 Å². The molecule has 16 unspecified atom stereocenters. The van der Waals surface area contributed by atoms with E-state index in [1.165, 1.54) is 19.3 Å². The second-order valence-electron chi connectivity index (χ2n) is 11.2. The van der Waals surface area contributed by atoms with E-state index in [4.69, 9.17) is 0 Å². The zero-order valence-electron chi connectivity index (χ0n) is 14.6. The summed E-state index contributed by atoms with van der Waals surface area (Å²) in [5, 5.41) is 20.3. The maximum absolute atomic E-state index is 10.7. The predicted molar refractivity (Wildman–Crippen MR) is 91.6 cm³/mol. The molecule has 25 heavy (non-hydrogen) atoms. The molecule has 2 heteroatoms. The second-order valence-corrected chi connectivity index (χ2v) is 11.2. The largest absolute Gasteiger partial charge is 0.391 e. The Morgan fingerprint density at radius 3 is 1.72 bits per heavy atom. The van der Waals surface area contributed by atoms with Gasteiger partial charge in [0, 0.05) is 0 Å². The summed E-state index contributed by atoms with van der Waals surface area (Å²) in [6.45, 7) is 0. The van der Waals surface area contributed by atoms with E-state index in [9.17, 15) is 10.4 Å². The summed E-state index contributed by atoms with van der Waals surface area (Å²) < 4.78 is 0. The maximum atomic E-state index is 10.7. The summed E-state index contributed by atoms with van der Waals surface area (Å²) >= 11 is 0. The first kappa shape index (κ1) is 13.4. The molecular weight excluding hydrogens is 306 g/mol. The number of aliphatic hydroxyl groups excluding tert-OH is 1. The number of hydrogen-bond acceptors (Lipinski definition) is 2. The lowest BCUT2D eigenvalue weighted by atomic mass is 9.54. The summed E-state index contributed by atoms with van der Waals surface area (Å²) in [5.74, 6) is 12.4. The summed E-state index contributed by atoms with van der Waals surface area (Å²) in [4.78, 5) is 0. The minimum atomic E-state index is -0.300. The third kappa shape index (κ3) is 1.17. The number of fused-ring (bicyclic) bond motifs is 23. The van der Waals surface area contributed by atoms with Gasteiger partial charge in [-0.2, -0.15) is 5.26 Å². The van der Waals surface area contributed by atoms with E-state index in [-0.39, 0.29) is 12.0 Å². The fourth-order valence-electron chi connectivity index (χ4n) is 11.6. The molecule has 0 aromatic carbocycles. The van der Waals surface area contributed by atoms with Crippen molar-refractivity contribution in [3.63, 3.8) is 0 Å². The van der Waals surface area contributed by atoms with Crippen molar-refractivity contribution in [2.24, 2.45) is 88.8 Å². The summed E-state index contributed by atoms with van der Waals surface area (Å²) in [5.41, 5.74) is 0. The Hall–Kier alpha value is -0.810. The number of nitrogens with zero attached hydrogens (tertiary/aromatic N) is 1. The smallest absolute Gasteiger partial charge is 0.0756 e. The van der Waals surface area contributed by atoms with Crippen LogP contribution in [0.4, 0.5) is 0 Å². The lowest BCUT2D eigenvalue weighted by Crippen LogP contribution is -2.49. The average Bonchev–Trinajstić information content (AvgIpc) is 3.45. The lowest BCUT2D eigenvalue weighted by Gasteiger charge is -2.50. The van der Waals surface area contributed by atoms with Gasteiger partial charge in [-0.05, 0) is 109 Å². The molecule has 130 valence electrons. The monoisotopic (exact) mass is 333 g/mol. The minimum absolute atomic E-state index is 0.0409. The van der Waals surface area contributed by atoms with Crippen molar-refractivity contribution in [3.05, 3.63) is 12.2 Å². The maximum Gasteiger partial charge on any atom is 0.0756 e. The number of nitriles is 1. The zero-order chi connectivity index (χ0) is 16.2. The van der Waals surface area contributed by atoms with Crippen LogP contribution in [0.3, 0.4) is 0 Å². The van der Waals surface area contributed by atoms with Gasteiger partial charge in [0.25, 0.3) is 0 Å². The Bertz CT molecular complexity index is 752. The van der Waals surface area contributed by atoms with Gasteiger partial charge in [0.15, 0.2) is 0 Å². The molecule has 0 heterocycles. The van der Waals surface area contributed by atoms with Gasteiger partial charge in [-0.15, -0.1) is 0 Å². The van der Waals surface area contributed by atoms with Gasteiger partial charge >= 0.3 is 0 Å². The third-order valence-corrected chi connectivity index (χ3v) is 11.5. The van der Waals surface area contributed by atoms with Crippen LogP contribution in [0.5, 0.6) is 0 Å². The summed E-state index contributed by atoms with van der Waals surface area (Å²) in [6.07, 6.45) is 10.5. The van der Waals surface area contributed by atoms with E-state index >= 15 is 0 Å². The highest BCUT2D eigenvalue weighted by Gasteiger charge is 2.76. The Balaban J connectivity index is 1.22. The molecule has 0 aliphatic heterocycles. The molecule has 0 saturated heterocycles. The van der Waals surface area contributed by atoms with Gasteiger partial charge in [0.05, 0.1) is 18.1 Å². The van der Waals surface area contributed by atoms with Crippen molar-refractivity contribution in [1.29, 1.82) is 5.26 Å². The van der Waals surface area contributed by atoms with Crippen molar-refractivity contribution in [3.8, 4) is 6.07 Å². The third-order valence-electron chi connectivity index (χ3n) is 11.5. The average molecular weight is 333 g/mol. The molecule has 0 radical (unpaired) electrons. The quantitative estimate of drug-likeness (QED) is 0.546. The van der Waals surface area contributed by atoms with E-state index in [1.807, 2.05) is 0 Å². The van der Waals surface area contributed by atoms with Gasteiger partial charge in [-0.1, -0.05) is 12.2 Å². The highest BCUT2D eigenvalue weighted by atomic mass is 16.3. The molecule has 1 N–H and O–H groups in total. The van der Waals surface area contributed by atoms with Crippen LogP contribution < -0.4 is 0 Å². The Labute approximate surface area is 149 Å². The van der Waals surface area contributed by atoms with Gasteiger partial charge < -0.3 is 5.11 Å². The molecule has 7 saturated carbocycles. The number of allylic oxidation sites excluding steroid dienone is 2. The molecule has 8 aliphatic rings. The minimum Gasteiger partial charge on any atom is -0.391 e. The van der Waals surface area contributed by atoms with Crippen molar-refractivity contribution in [1.82, 2.24) is 0 Å². The van der Waals surface area contributed by atoms with Crippen LogP contribution in [-0.4, -0.2) is 11.2 Å². The molecule has 16 atom stereocenters. The molecule has 8 aliphatic carbocycles. The van der Waals surface area contributed by atoms with Gasteiger partial charge in [-0.25, -0.2) is 0 Å². The van der Waals surface area contributed by atoms with E-state index in [0.29, 0.717) is 11.8 Å². The molecule has 0 amide bonds. The molecule has 8 rings (SSSR count). The first-order valence-corrected chi connectivity index (χ1v) is 11.0. The number of hydrogen-bond donors (Lipinski definition) is 1. The van der Waals surface area contributed by atoms with Crippen molar-refractivity contribution >= 4 is 0 Å². The lowest BCUT2D eigenvalue weighted by molar-refractivity contribution is -0.0583. The van der Waals surface area contributed by atoms with E-state index in [1.54, 1.807) is 6.42 Å². The number of rotatable bonds is 0. The van der Waals surface area contributed by atoms with Crippen molar-refractivity contribution in [2.75, 3.05) is 0 Å². The fraction of sp³-hybridized carbons (Fsp3) is 0.870. The van der Waals surface area contributed by atoms with Crippen LogP contribution in [0.15, 0.2) is 12.2 Å². The van der Waals surface area contributed by atoms with Crippen molar-refractivity contribution in [2.45, 2.75) is 31.8 Å². The molecular formula is C23H27NO. The zero-order valence-corrected chi connectivity index (χ0v) is 14.6. The molecule has 0 aromatic rings. The Morgan fingerprint density at radius 2 is 1.12 bits per heavy atom. The highest BCUT2D eigenvalue weighted by Crippen LogP contribution is 2.81. The highest BCUT2D eigenvalue weighted by molar-refractivity contribution is 5.28. The topological polar surface area (TPSA) is 44.0 Å². The predicted octanol–water partition coefficient (Wildman–Crippen LogP) is 3.34. The van der Waals surface area contributed by atoms with Gasteiger partial charge in [-0.3, -0.25) is 0 Å². The standard InChI is InChI=1S/C23H27NO/c24-7-16-10-4-15(23(16)25)22-14-6-13(19(10)22)20-11-5-12(21(14)20)18-9-2-1-8(3-9)17(11)18/h1-2,8-23,25H,3-6H2. The molecule has 7 fully saturated rings. The van der Waals surface area contributed by atoms with Crippen LogP contribution >= 0.6 is 0 Å². The number of aliphatic hydroxyl groups is 1. The first-order valence-electron chi connectivity index (χ1n) is 11.0. The summed E-state index contributed by atoms with van der Waals surface area (Å²) in [6, 6.07) is 2.51. The van der Waals surface area contributed by atoms with Crippen LogP contribution in [0.2, 0.25) is 0 Å². The van der Waals surface area contributed by atoms with Gasteiger partial charge in [0.2, 0.25) is 0 Å². The fourth-order valence-corrected chi connectivity index (χ4v) is 11.6. The van der Waals surface area contributed by atoms with Gasteiger partial charge in [0.1, 0.15) is 0 Å². The normalized spacial score (nSPS) is 74.6. The molecule has 0 spiro atoms. The molecule has 8 bridgehead atoms. The Morgan fingerprint density at radius 1 is 0.640 bits per heavy atom. The SMILES string of the molecule is N#CC1C(O)C2CC1C1C3CC(C21)C1C2CC(C4C5C=CC(C5)C24)C31. The van der Waals surface area contributed by atoms with E-state index in [0.717, 1.165) is 71.0 Å². The van der Waals surface area contributed by atoms with Crippen LogP contribution in [-0.2, 0) is 0 Å². The Kier molecular flexibility index (Phi) is 2.08. The summed E-state index contributed by atoms with van der Waals surface area (Å²) in [7, 11) is 0. The van der Waals surface area contributed by atoms with E-state index < -0.39 is 0 Å². The molecule has 2 nitrogen and oxygen atoms in total. The van der Waals surface area contributed by atoms with Crippen LogP contribution in [0.25, 0.3) is 0 Å².